The van der Waals surface area contributed by atoms with Crippen LogP contribution in [0, 0.1) is 5.41 Å². The fourth-order valence-corrected chi connectivity index (χ4v) is 1.83. The molecule has 1 saturated carbocycles. The van der Waals surface area contributed by atoms with E-state index in [0.717, 1.165) is 12.8 Å². The molecular formula is C10H13N5OS. The van der Waals surface area contributed by atoms with Crippen LogP contribution in [0.15, 0.2) is 17.4 Å². The number of hydrogen-bond acceptors (Lipinski definition) is 5. The number of carbonyl (C=O) groups is 1. The van der Waals surface area contributed by atoms with Crippen molar-refractivity contribution in [3.05, 3.63) is 18.0 Å². The number of carbonyl (C=O) groups excluding carboxylic acids is 1. The Balaban J connectivity index is 1.87. The quantitative estimate of drug-likeness (QED) is 0.298. The standard InChI is InChI=1S/C10H13N5OS/c11-9(12)7-3-4-13-10(15-7)17-5-8(16)14-6-1-2-6/h3-4,6H,1-2,5H2,(H3,11,12)(H,14,16). The van der Waals surface area contributed by atoms with Crippen molar-refractivity contribution in [1.82, 2.24) is 15.3 Å². The second-order valence-electron chi connectivity index (χ2n) is 3.77. The van der Waals surface area contributed by atoms with Crippen molar-refractivity contribution >= 4 is 23.5 Å². The Morgan fingerprint density at radius 2 is 2.41 bits per heavy atom. The van der Waals surface area contributed by atoms with Gasteiger partial charge < -0.3 is 11.1 Å². The Morgan fingerprint density at radius 1 is 1.65 bits per heavy atom. The molecule has 4 N–H and O–H groups in total. The van der Waals surface area contributed by atoms with E-state index in [1.54, 1.807) is 6.07 Å². The average Bonchev–Trinajstić information content (AvgIpc) is 3.11. The third-order valence-corrected chi connectivity index (χ3v) is 3.05. The molecule has 1 aliphatic rings. The number of nitrogens with zero attached hydrogens (tertiary/aromatic N) is 2. The molecule has 2 rings (SSSR count). The van der Waals surface area contributed by atoms with Crippen molar-refractivity contribution < 1.29 is 4.79 Å². The molecule has 0 saturated heterocycles. The predicted molar refractivity (Wildman–Crippen MR) is 64.9 cm³/mol. The van der Waals surface area contributed by atoms with E-state index in [9.17, 15) is 4.79 Å². The lowest BCUT2D eigenvalue weighted by Crippen LogP contribution is -2.27. The Bertz CT molecular complexity index is 446. The highest BCUT2D eigenvalue weighted by molar-refractivity contribution is 7.99. The number of amidine groups is 1. The molecule has 0 unspecified atom stereocenters. The summed E-state index contributed by atoms with van der Waals surface area (Å²) in [6.07, 6.45) is 3.68. The molecule has 1 amide bonds. The first-order valence-corrected chi connectivity index (χ1v) is 6.23. The van der Waals surface area contributed by atoms with Gasteiger partial charge in [-0.2, -0.15) is 0 Å². The van der Waals surface area contributed by atoms with Crippen molar-refractivity contribution in [2.75, 3.05) is 5.75 Å². The summed E-state index contributed by atoms with van der Waals surface area (Å²) in [5.74, 6) is 0.184. The fraction of sp³-hybridized carbons (Fsp3) is 0.400. The highest BCUT2D eigenvalue weighted by Crippen LogP contribution is 2.19. The Labute approximate surface area is 103 Å². The van der Waals surface area contributed by atoms with E-state index in [1.807, 2.05) is 0 Å². The molecule has 0 bridgehead atoms. The number of thioether (sulfide) groups is 1. The van der Waals surface area contributed by atoms with E-state index >= 15 is 0 Å². The number of aromatic nitrogens is 2. The third kappa shape index (κ3) is 3.70. The molecule has 17 heavy (non-hydrogen) atoms. The second-order valence-corrected chi connectivity index (χ2v) is 4.71. The van der Waals surface area contributed by atoms with Gasteiger partial charge in [-0.25, -0.2) is 9.97 Å². The van der Waals surface area contributed by atoms with Crippen LogP contribution in [0.5, 0.6) is 0 Å². The van der Waals surface area contributed by atoms with Crippen molar-refractivity contribution in [1.29, 1.82) is 5.41 Å². The van der Waals surface area contributed by atoms with Crippen molar-refractivity contribution in [2.45, 2.75) is 24.0 Å². The van der Waals surface area contributed by atoms with Gasteiger partial charge in [-0.15, -0.1) is 0 Å². The molecule has 1 aromatic rings. The summed E-state index contributed by atoms with van der Waals surface area (Å²) in [5.41, 5.74) is 5.70. The van der Waals surface area contributed by atoms with Gasteiger partial charge in [0.1, 0.15) is 11.5 Å². The molecule has 0 aliphatic heterocycles. The van der Waals surface area contributed by atoms with Gasteiger partial charge in [0.2, 0.25) is 5.91 Å². The first-order chi connectivity index (χ1) is 8.15. The van der Waals surface area contributed by atoms with E-state index in [4.69, 9.17) is 11.1 Å². The molecule has 7 heteroatoms. The lowest BCUT2D eigenvalue weighted by molar-refractivity contribution is -0.118. The second kappa shape index (κ2) is 5.13. The summed E-state index contributed by atoms with van der Waals surface area (Å²) in [6.45, 7) is 0. The van der Waals surface area contributed by atoms with Crippen LogP contribution in [0.1, 0.15) is 18.5 Å². The highest BCUT2D eigenvalue weighted by atomic mass is 32.2. The molecule has 6 nitrogen and oxygen atoms in total. The van der Waals surface area contributed by atoms with Gasteiger partial charge in [0.15, 0.2) is 5.16 Å². The van der Waals surface area contributed by atoms with E-state index in [0.29, 0.717) is 16.9 Å². The van der Waals surface area contributed by atoms with Crippen molar-refractivity contribution in [3.63, 3.8) is 0 Å². The number of nitrogens with two attached hydrogens (primary N) is 1. The van der Waals surface area contributed by atoms with Gasteiger partial charge in [-0.05, 0) is 18.9 Å². The Kier molecular flexibility index (Phi) is 3.58. The van der Waals surface area contributed by atoms with Crippen LogP contribution >= 0.6 is 11.8 Å². The summed E-state index contributed by atoms with van der Waals surface area (Å²) in [6, 6.07) is 1.93. The summed E-state index contributed by atoms with van der Waals surface area (Å²) < 4.78 is 0. The predicted octanol–water partition coefficient (Wildman–Crippen LogP) is 0.131. The maximum absolute atomic E-state index is 11.4. The molecule has 0 spiro atoms. The molecule has 0 atom stereocenters. The zero-order chi connectivity index (χ0) is 12.3. The van der Waals surface area contributed by atoms with Gasteiger partial charge in [0.25, 0.3) is 0 Å². The fourth-order valence-electron chi connectivity index (χ4n) is 1.19. The molecule has 1 aromatic heterocycles. The van der Waals surface area contributed by atoms with Crippen LogP contribution in [0.2, 0.25) is 0 Å². The molecular weight excluding hydrogens is 238 g/mol. The molecule has 1 heterocycles. The van der Waals surface area contributed by atoms with E-state index < -0.39 is 0 Å². The molecule has 1 aliphatic carbocycles. The van der Waals surface area contributed by atoms with E-state index in [1.165, 1.54) is 18.0 Å². The van der Waals surface area contributed by atoms with Crippen LogP contribution in [0.25, 0.3) is 0 Å². The van der Waals surface area contributed by atoms with E-state index in [2.05, 4.69) is 15.3 Å². The maximum atomic E-state index is 11.4. The monoisotopic (exact) mass is 251 g/mol. The third-order valence-electron chi connectivity index (χ3n) is 2.18. The number of nitrogen functional groups attached to an aromatic ring is 1. The minimum Gasteiger partial charge on any atom is -0.382 e. The number of hydrogen-bond donors (Lipinski definition) is 3. The van der Waals surface area contributed by atoms with Gasteiger partial charge in [0, 0.05) is 12.2 Å². The lowest BCUT2D eigenvalue weighted by Gasteiger charge is -2.03. The van der Waals surface area contributed by atoms with Gasteiger partial charge in [0.05, 0.1) is 5.75 Å². The molecule has 1 fully saturated rings. The maximum Gasteiger partial charge on any atom is 0.230 e. The number of amides is 1. The summed E-state index contributed by atoms with van der Waals surface area (Å²) in [5, 5.41) is 10.6. The normalized spacial score (nSPS) is 14.4. The zero-order valence-corrected chi connectivity index (χ0v) is 9.96. The smallest absolute Gasteiger partial charge is 0.230 e. The molecule has 90 valence electrons. The lowest BCUT2D eigenvalue weighted by atomic mass is 10.4. The zero-order valence-electron chi connectivity index (χ0n) is 9.14. The largest absolute Gasteiger partial charge is 0.382 e. The van der Waals surface area contributed by atoms with Crippen LogP contribution in [0.3, 0.4) is 0 Å². The minimum absolute atomic E-state index is 0.00525. The first kappa shape index (κ1) is 11.8. The van der Waals surface area contributed by atoms with Gasteiger partial charge in [-0.3, -0.25) is 10.2 Å². The Morgan fingerprint density at radius 3 is 3.06 bits per heavy atom. The average molecular weight is 251 g/mol. The van der Waals surface area contributed by atoms with Crippen LogP contribution < -0.4 is 11.1 Å². The summed E-state index contributed by atoms with van der Waals surface area (Å²) in [7, 11) is 0. The van der Waals surface area contributed by atoms with E-state index in [-0.39, 0.29) is 17.5 Å². The van der Waals surface area contributed by atoms with Crippen LogP contribution in [0.4, 0.5) is 0 Å². The van der Waals surface area contributed by atoms with Gasteiger partial charge >= 0.3 is 0 Å². The van der Waals surface area contributed by atoms with Crippen molar-refractivity contribution in [3.8, 4) is 0 Å². The van der Waals surface area contributed by atoms with Crippen molar-refractivity contribution in [2.24, 2.45) is 5.73 Å². The SMILES string of the molecule is N=C(N)c1ccnc(SCC(=O)NC2CC2)n1. The van der Waals surface area contributed by atoms with Crippen LogP contribution in [-0.4, -0.2) is 33.5 Å². The first-order valence-electron chi connectivity index (χ1n) is 5.25. The molecule has 0 aromatic carbocycles. The Hall–Kier alpha value is -1.63. The van der Waals surface area contributed by atoms with Gasteiger partial charge in [-0.1, -0.05) is 11.8 Å². The topological polar surface area (TPSA) is 105 Å². The van der Waals surface area contributed by atoms with Crippen LogP contribution in [-0.2, 0) is 4.79 Å². The summed E-state index contributed by atoms with van der Waals surface area (Å²) >= 11 is 1.24. The number of nitrogens with one attached hydrogen (secondary N) is 2. The minimum atomic E-state index is -0.100. The molecule has 0 radical (unpaired) electrons. The summed E-state index contributed by atoms with van der Waals surface area (Å²) in [4.78, 5) is 19.5. The number of rotatable bonds is 5. The highest BCUT2D eigenvalue weighted by Gasteiger charge is 2.23.